The minimum absolute atomic E-state index is 0.145. The molecule has 0 aliphatic rings. The third-order valence-electron chi connectivity index (χ3n) is 3.26. The van der Waals surface area contributed by atoms with Gasteiger partial charge in [0, 0.05) is 17.2 Å². The molecule has 0 heterocycles. The smallest absolute Gasteiger partial charge is 0.146 e. The number of nitrogens with two attached hydrogens (primary N) is 1. The van der Waals surface area contributed by atoms with E-state index in [0.717, 1.165) is 23.3 Å². The maximum absolute atomic E-state index is 14.0. The second kappa shape index (κ2) is 4.88. The largest absolute Gasteiger partial charge is 0.496 e. The summed E-state index contributed by atoms with van der Waals surface area (Å²) in [5.41, 5.74) is 7.73. The lowest BCUT2D eigenvalue weighted by Crippen LogP contribution is -1.98. The predicted molar refractivity (Wildman–Crippen MR) is 72.2 cm³/mol. The normalized spacial score (nSPS) is 10.6. The molecule has 2 rings (SSSR count). The molecule has 0 amide bonds. The Hall–Kier alpha value is -2.10. The summed E-state index contributed by atoms with van der Waals surface area (Å²) in [6.45, 7) is 3.81. The van der Waals surface area contributed by atoms with E-state index < -0.39 is 11.6 Å². The van der Waals surface area contributed by atoms with Crippen LogP contribution in [-0.4, -0.2) is 7.11 Å². The quantitative estimate of drug-likeness (QED) is 0.835. The Bertz CT molecular complexity index is 639. The van der Waals surface area contributed by atoms with Crippen LogP contribution in [0.25, 0.3) is 11.1 Å². The minimum Gasteiger partial charge on any atom is -0.496 e. The van der Waals surface area contributed by atoms with Crippen molar-refractivity contribution in [3.8, 4) is 16.9 Å². The van der Waals surface area contributed by atoms with Crippen molar-refractivity contribution in [3.05, 3.63) is 47.0 Å². The molecule has 100 valence electrons. The van der Waals surface area contributed by atoms with Crippen molar-refractivity contribution in [1.82, 2.24) is 0 Å². The zero-order valence-electron chi connectivity index (χ0n) is 11.1. The van der Waals surface area contributed by atoms with Crippen molar-refractivity contribution in [2.75, 3.05) is 12.8 Å². The van der Waals surface area contributed by atoms with Crippen molar-refractivity contribution in [2.24, 2.45) is 0 Å². The third kappa shape index (κ3) is 2.26. The summed E-state index contributed by atoms with van der Waals surface area (Å²) in [6, 6.07) is 5.65. The molecule has 0 fully saturated rings. The fourth-order valence-electron chi connectivity index (χ4n) is 2.03. The molecule has 0 saturated carbocycles. The molecule has 19 heavy (non-hydrogen) atoms. The van der Waals surface area contributed by atoms with E-state index in [4.69, 9.17) is 10.5 Å². The monoisotopic (exact) mass is 263 g/mol. The van der Waals surface area contributed by atoms with Crippen LogP contribution in [0.3, 0.4) is 0 Å². The molecule has 0 saturated heterocycles. The fourth-order valence-corrected chi connectivity index (χ4v) is 2.03. The van der Waals surface area contributed by atoms with Gasteiger partial charge in [0.25, 0.3) is 0 Å². The Kier molecular flexibility index (Phi) is 3.42. The van der Waals surface area contributed by atoms with Crippen LogP contribution in [0.1, 0.15) is 11.1 Å². The number of hydrogen-bond donors (Lipinski definition) is 1. The summed E-state index contributed by atoms with van der Waals surface area (Å²) < 4.78 is 32.8. The number of ether oxygens (including phenoxy) is 1. The van der Waals surface area contributed by atoms with Gasteiger partial charge in [-0.25, -0.2) is 8.78 Å². The van der Waals surface area contributed by atoms with Gasteiger partial charge in [0.15, 0.2) is 0 Å². The Morgan fingerprint density at radius 3 is 2.32 bits per heavy atom. The highest BCUT2D eigenvalue weighted by atomic mass is 19.1. The van der Waals surface area contributed by atoms with Crippen LogP contribution < -0.4 is 10.5 Å². The van der Waals surface area contributed by atoms with Crippen LogP contribution in [0.2, 0.25) is 0 Å². The minimum atomic E-state index is -0.642. The summed E-state index contributed by atoms with van der Waals surface area (Å²) >= 11 is 0. The van der Waals surface area contributed by atoms with Gasteiger partial charge in [-0.3, -0.25) is 0 Å². The van der Waals surface area contributed by atoms with Gasteiger partial charge in [-0.05, 0) is 31.0 Å². The third-order valence-corrected chi connectivity index (χ3v) is 3.26. The molecular formula is C15H15F2NO. The first kappa shape index (κ1) is 13.3. The lowest BCUT2D eigenvalue weighted by Gasteiger charge is -2.14. The van der Waals surface area contributed by atoms with Gasteiger partial charge in [-0.15, -0.1) is 0 Å². The molecule has 2 aromatic rings. The summed E-state index contributed by atoms with van der Waals surface area (Å²) in [5, 5.41) is 0. The Balaban J connectivity index is 2.72. The van der Waals surface area contributed by atoms with E-state index in [-0.39, 0.29) is 11.3 Å². The van der Waals surface area contributed by atoms with Crippen molar-refractivity contribution in [3.63, 3.8) is 0 Å². The molecule has 0 atom stereocenters. The molecule has 0 aliphatic heterocycles. The Morgan fingerprint density at radius 1 is 1.00 bits per heavy atom. The highest BCUT2D eigenvalue weighted by molar-refractivity contribution is 5.74. The topological polar surface area (TPSA) is 35.2 Å². The molecular weight excluding hydrogens is 248 g/mol. The maximum atomic E-state index is 14.0. The van der Waals surface area contributed by atoms with Crippen LogP contribution >= 0.6 is 0 Å². The van der Waals surface area contributed by atoms with E-state index in [2.05, 4.69) is 0 Å². The fraction of sp³-hybridized carbons (Fsp3) is 0.200. The average Bonchev–Trinajstić information content (AvgIpc) is 2.37. The SMILES string of the molecule is COc1c(-c2cc(F)c(N)cc2F)ccc(C)c1C. The molecule has 0 unspecified atom stereocenters. The lowest BCUT2D eigenvalue weighted by atomic mass is 9.98. The zero-order valence-corrected chi connectivity index (χ0v) is 11.1. The Labute approximate surface area is 110 Å². The maximum Gasteiger partial charge on any atom is 0.146 e. The van der Waals surface area contributed by atoms with E-state index in [1.54, 1.807) is 6.07 Å². The van der Waals surface area contributed by atoms with Crippen LogP contribution in [0, 0.1) is 25.5 Å². The van der Waals surface area contributed by atoms with Crippen molar-refractivity contribution in [2.45, 2.75) is 13.8 Å². The molecule has 2 N–H and O–H groups in total. The standard InChI is InChI=1S/C15H15F2NO/c1-8-4-5-10(15(19-3)9(8)2)11-6-13(17)14(18)7-12(11)16/h4-7H,18H2,1-3H3. The van der Waals surface area contributed by atoms with E-state index in [9.17, 15) is 8.78 Å². The Morgan fingerprint density at radius 2 is 1.68 bits per heavy atom. The van der Waals surface area contributed by atoms with Crippen LogP contribution in [0.4, 0.5) is 14.5 Å². The molecule has 0 aromatic heterocycles. The summed E-state index contributed by atoms with van der Waals surface area (Å²) in [7, 11) is 1.51. The first-order chi connectivity index (χ1) is 8.95. The average molecular weight is 263 g/mol. The second-order valence-corrected chi connectivity index (χ2v) is 4.44. The lowest BCUT2D eigenvalue weighted by molar-refractivity contribution is 0.412. The molecule has 0 radical (unpaired) electrons. The van der Waals surface area contributed by atoms with Gasteiger partial charge in [0.05, 0.1) is 12.8 Å². The number of hydrogen-bond acceptors (Lipinski definition) is 2. The number of aryl methyl sites for hydroxylation is 1. The van der Waals surface area contributed by atoms with Crippen LogP contribution in [0.5, 0.6) is 5.75 Å². The predicted octanol–water partition coefficient (Wildman–Crippen LogP) is 3.84. The highest BCUT2D eigenvalue weighted by Crippen LogP contribution is 2.36. The van der Waals surface area contributed by atoms with Gasteiger partial charge in [-0.1, -0.05) is 12.1 Å². The van der Waals surface area contributed by atoms with E-state index in [1.807, 2.05) is 19.9 Å². The first-order valence-electron chi connectivity index (χ1n) is 5.84. The van der Waals surface area contributed by atoms with E-state index in [0.29, 0.717) is 11.3 Å². The number of methoxy groups -OCH3 is 1. The van der Waals surface area contributed by atoms with Gasteiger partial charge in [0.2, 0.25) is 0 Å². The van der Waals surface area contributed by atoms with Gasteiger partial charge < -0.3 is 10.5 Å². The number of rotatable bonds is 2. The second-order valence-electron chi connectivity index (χ2n) is 4.44. The van der Waals surface area contributed by atoms with Crippen molar-refractivity contribution in [1.29, 1.82) is 0 Å². The van der Waals surface area contributed by atoms with Gasteiger partial charge in [0.1, 0.15) is 17.4 Å². The van der Waals surface area contributed by atoms with Crippen molar-refractivity contribution >= 4 is 5.69 Å². The first-order valence-corrected chi connectivity index (χ1v) is 5.84. The van der Waals surface area contributed by atoms with E-state index in [1.165, 1.54) is 7.11 Å². The summed E-state index contributed by atoms with van der Waals surface area (Å²) in [6.07, 6.45) is 0. The molecule has 0 bridgehead atoms. The molecule has 2 nitrogen and oxygen atoms in total. The number of nitrogen functional groups attached to an aromatic ring is 1. The molecule has 0 aliphatic carbocycles. The van der Waals surface area contributed by atoms with Crippen molar-refractivity contribution < 1.29 is 13.5 Å². The number of anilines is 1. The number of halogens is 2. The van der Waals surface area contributed by atoms with E-state index >= 15 is 0 Å². The van der Waals surface area contributed by atoms with Crippen LogP contribution in [0.15, 0.2) is 24.3 Å². The summed E-state index contributed by atoms with van der Waals surface area (Å²) in [5.74, 6) is -0.666. The van der Waals surface area contributed by atoms with Gasteiger partial charge in [-0.2, -0.15) is 0 Å². The van der Waals surface area contributed by atoms with Crippen LogP contribution in [-0.2, 0) is 0 Å². The molecule has 4 heteroatoms. The zero-order chi connectivity index (χ0) is 14.2. The molecule has 0 spiro atoms. The highest BCUT2D eigenvalue weighted by Gasteiger charge is 2.16. The molecule has 2 aromatic carbocycles. The van der Waals surface area contributed by atoms with Gasteiger partial charge >= 0.3 is 0 Å². The number of benzene rings is 2. The summed E-state index contributed by atoms with van der Waals surface area (Å²) in [4.78, 5) is 0.